The van der Waals surface area contributed by atoms with Gasteiger partial charge in [0.2, 0.25) is 21.9 Å². The lowest BCUT2D eigenvalue weighted by Gasteiger charge is -2.13. The Kier molecular flexibility index (Phi) is 5.29. The van der Waals surface area contributed by atoms with Crippen LogP contribution < -0.4 is 10.0 Å². The van der Waals surface area contributed by atoms with Crippen LogP contribution >= 0.6 is 0 Å². The fourth-order valence-electron chi connectivity index (χ4n) is 3.17. The number of carbonyl (C=O) groups excluding carboxylic acids is 1. The zero-order valence-corrected chi connectivity index (χ0v) is 16.3. The number of H-pyrrole nitrogens is 1. The highest BCUT2D eigenvalue weighted by Gasteiger charge is 2.20. The Morgan fingerprint density at radius 3 is 2.44 bits per heavy atom. The highest BCUT2D eigenvalue weighted by Crippen LogP contribution is 2.21. The molecular formula is C19H22N4O3S. The molecule has 8 heteroatoms. The second-order valence-electron chi connectivity index (χ2n) is 6.53. The second-order valence-corrected chi connectivity index (χ2v) is 8.23. The number of amides is 1. The van der Waals surface area contributed by atoms with Crippen molar-refractivity contribution < 1.29 is 13.2 Å². The van der Waals surface area contributed by atoms with Crippen LogP contribution in [-0.2, 0) is 14.8 Å². The van der Waals surface area contributed by atoms with Gasteiger partial charge in [0.1, 0.15) is 0 Å². The van der Waals surface area contributed by atoms with E-state index in [2.05, 4.69) is 20.0 Å². The highest BCUT2D eigenvalue weighted by molar-refractivity contribution is 7.89. The molecule has 0 saturated heterocycles. The van der Waals surface area contributed by atoms with E-state index in [-0.39, 0.29) is 23.8 Å². The number of rotatable bonds is 6. The van der Waals surface area contributed by atoms with Crippen molar-refractivity contribution in [2.75, 3.05) is 11.9 Å². The molecule has 0 bridgehead atoms. The fraction of sp³-hybridized carbons (Fsp3) is 0.263. The molecule has 27 heavy (non-hydrogen) atoms. The van der Waals surface area contributed by atoms with Crippen LogP contribution in [-0.4, -0.2) is 30.8 Å². The quantitative estimate of drug-likeness (QED) is 0.606. The van der Waals surface area contributed by atoms with Gasteiger partial charge in [-0.25, -0.2) is 18.1 Å². The van der Waals surface area contributed by atoms with E-state index in [1.165, 1.54) is 0 Å². The molecule has 0 saturated carbocycles. The van der Waals surface area contributed by atoms with Crippen LogP contribution in [0.15, 0.2) is 41.3 Å². The topological polar surface area (TPSA) is 104 Å². The third kappa shape index (κ3) is 4.35. The summed E-state index contributed by atoms with van der Waals surface area (Å²) in [5, 5.41) is 2.65. The SMILES string of the molecule is Cc1cc(C)c(S(=O)(=O)NCCC(=O)Nc2nc3ccccc3[nH]2)c(C)c1. The Bertz CT molecular complexity index is 1050. The van der Waals surface area contributed by atoms with Gasteiger partial charge in [-0.3, -0.25) is 10.1 Å². The molecular weight excluding hydrogens is 364 g/mol. The van der Waals surface area contributed by atoms with Crippen LogP contribution in [0, 0.1) is 20.8 Å². The lowest BCUT2D eigenvalue weighted by molar-refractivity contribution is -0.116. The summed E-state index contributed by atoms with van der Waals surface area (Å²) in [5.74, 6) is 0.0170. The van der Waals surface area contributed by atoms with Gasteiger partial charge >= 0.3 is 0 Å². The van der Waals surface area contributed by atoms with Crippen LogP contribution in [0.3, 0.4) is 0 Å². The molecule has 0 aliphatic rings. The monoisotopic (exact) mass is 386 g/mol. The number of para-hydroxylation sites is 2. The highest BCUT2D eigenvalue weighted by atomic mass is 32.2. The normalized spacial score (nSPS) is 11.7. The second kappa shape index (κ2) is 7.50. The predicted molar refractivity (Wildman–Crippen MR) is 105 cm³/mol. The number of sulfonamides is 1. The summed E-state index contributed by atoms with van der Waals surface area (Å²) in [6.45, 7) is 5.46. The number of anilines is 1. The first-order chi connectivity index (χ1) is 12.8. The average Bonchev–Trinajstić information content (AvgIpc) is 2.95. The standard InChI is InChI=1S/C19H22N4O3S/c1-12-10-13(2)18(14(3)11-12)27(25,26)20-9-8-17(24)23-19-21-15-6-4-5-7-16(15)22-19/h4-7,10-11,20H,8-9H2,1-3H3,(H2,21,22,23,24). The Balaban J connectivity index is 1.61. The number of benzene rings is 2. The number of aromatic amines is 1. The van der Waals surface area contributed by atoms with E-state index in [0.29, 0.717) is 17.1 Å². The first-order valence-corrected chi connectivity index (χ1v) is 10.1. The first-order valence-electron chi connectivity index (χ1n) is 8.58. The maximum atomic E-state index is 12.6. The Morgan fingerprint density at radius 2 is 1.78 bits per heavy atom. The van der Waals surface area contributed by atoms with Crippen molar-refractivity contribution in [3.05, 3.63) is 53.1 Å². The molecule has 3 aromatic rings. The number of aromatic nitrogens is 2. The minimum Gasteiger partial charge on any atom is -0.324 e. The Morgan fingerprint density at radius 1 is 1.11 bits per heavy atom. The predicted octanol–water partition coefficient (Wildman–Crippen LogP) is 2.80. The number of carbonyl (C=O) groups is 1. The van der Waals surface area contributed by atoms with Gasteiger partial charge in [0, 0.05) is 13.0 Å². The van der Waals surface area contributed by atoms with Gasteiger partial charge in [-0.2, -0.15) is 0 Å². The Labute approximate surface area is 158 Å². The summed E-state index contributed by atoms with van der Waals surface area (Å²) in [7, 11) is -3.68. The molecule has 1 heterocycles. The van der Waals surface area contributed by atoms with Gasteiger partial charge in [0.15, 0.2) is 0 Å². The van der Waals surface area contributed by atoms with E-state index in [9.17, 15) is 13.2 Å². The van der Waals surface area contributed by atoms with Gasteiger partial charge in [0.25, 0.3) is 0 Å². The molecule has 3 rings (SSSR count). The van der Waals surface area contributed by atoms with Gasteiger partial charge in [-0.05, 0) is 44.0 Å². The lowest BCUT2D eigenvalue weighted by atomic mass is 10.1. The molecule has 142 valence electrons. The number of hydrogen-bond donors (Lipinski definition) is 3. The van der Waals surface area contributed by atoms with Gasteiger partial charge in [-0.15, -0.1) is 0 Å². The smallest absolute Gasteiger partial charge is 0.241 e. The summed E-state index contributed by atoms with van der Waals surface area (Å²) in [4.78, 5) is 19.6. The summed E-state index contributed by atoms with van der Waals surface area (Å²) in [6, 6.07) is 11.1. The molecule has 2 aromatic carbocycles. The minimum atomic E-state index is -3.68. The van der Waals surface area contributed by atoms with Crippen molar-refractivity contribution in [3.8, 4) is 0 Å². The molecule has 0 aliphatic carbocycles. The Hall–Kier alpha value is -2.71. The summed E-state index contributed by atoms with van der Waals surface area (Å²) < 4.78 is 27.7. The summed E-state index contributed by atoms with van der Waals surface area (Å²) >= 11 is 0. The third-order valence-corrected chi connectivity index (χ3v) is 5.93. The molecule has 0 aliphatic heterocycles. The summed E-state index contributed by atoms with van der Waals surface area (Å²) in [5.41, 5.74) is 3.95. The zero-order valence-electron chi connectivity index (χ0n) is 15.5. The van der Waals surface area contributed by atoms with Crippen LogP contribution in [0.2, 0.25) is 0 Å². The molecule has 0 fully saturated rings. The van der Waals surface area contributed by atoms with E-state index in [1.807, 2.05) is 43.3 Å². The molecule has 0 unspecified atom stereocenters. The minimum absolute atomic E-state index is 0.000230. The zero-order chi connectivity index (χ0) is 19.6. The van der Waals surface area contributed by atoms with E-state index in [4.69, 9.17) is 0 Å². The lowest BCUT2D eigenvalue weighted by Crippen LogP contribution is -2.29. The summed E-state index contributed by atoms with van der Waals surface area (Å²) in [6.07, 6.45) is 0.000230. The first kappa shape index (κ1) is 19.1. The van der Waals surface area contributed by atoms with Crippen molar-refractivity contribution in [2.24, 2.45) is 0 Å². The van der Waals surface area contributed by atoms with Gasteiger partial charge in [0.05, 0.1) is 15.9 Å². The molecule has 1 aromatic heterocycles. The number of nitrogens with one attached hydrogen (secondary N) is 3. The molecule has 3 N–H and O–H groups in total. The number of aryl methyl sites for hydroxylation is 3. The largest absolute Gasteiger partial charge is 0.324 e. The van der Waals surface area contributed by atoms with Crippen LogP contribution in [0.1, 0.15) is 23.1 Å². The molecule has 0 atom stereocenters. The van der Waals surface area contributed by atoms with Gasteiger partial charge < -0.3 is 4.98 Å². The van der Waals surface area contributed by atoms with Crippen molar-refractivity contribution >= 4 is 32.9 Å². The van der Waals surface area contributed by atoms with Crippen LogP contribution in [0.25, 0.3) is 11.0 Å². The third-order valence-electron chi connectivity index (χ3n) is 4.16. The average molecular weight is 386 g/mol. The number of nitrogens with zero attached hydrogens (tertiary/aromatic N) is 1. The molecule has 0 radical (unpaired) electrons. The maximum Gasteiger partial charge on any atom is 0.241 e. The van der Waals surface area contributed by atoms with Crippen molar-refractivity contribution in [2.45, 2.75) is 32.1 Å². The van der Waals surface area contributed by atoms with Crippen molar-refractivity contribution in [1.82, 2.24) is 14.7 Å². The molecule has 0 spiro atoms. The number of imidazole rings is 1. The molecule has 1 amide bonds. The van der Waals surface area contributed by atoms with E-state index >= 15 is 0 Å². The van der Waals surface area contributed by atoms with E-state index < -0.39 is 10.0 Å². The van der Waals surface area contributed by atoms with Crippen molar-refractivity contribution in [1.29, 1.82) is 0 Å². The number of fused-ring (bicyclic) bond motifs is 1. The van der Waals surface area contributed by atoms with Gasteiger partial charge in [-0.1, -0.05) is 29.8 Å². The van der Waals surface area contributed by atoms with Crippen molar-refractivity contribution in [3.63, 3.8) is 0 Å². The number of hydrogen-bond acceptors (Lipinski definition) is 4. The van der Waals surface area contributed by atoms with E-state index in [1.54, 1.807) is 13.8 Å². The molecule has 7 nitrogen and oxygen atoms in total. The van der Waals surface area contributed by atoms with Crippen LogP contribution in [0.5, 0.6) is 0 Å². The van der Waals surface area contributed by atoms with Crippen LogP contribution in [0.4, 0.5) is 5.95 Å². The maximum absolute atomic E-state index is 12.6. The van der Waals surface area contributed by atoms with E-state index in [0.717, 1.165) is 16.6 Å². The fourth-order valence-corrected chi connectivity index (χ4v) is 4.65.